The van der Waals surface area contributed by atoms with Gasteiger partial charge in [-0.2, -0.15) is 5.10 Å². The van der Waals surface area contributed by atoms with Gasteiger partial charge in [-0.1, -0.05) is 48.5 Å². The second-order valence-electron chi connectivity index (χ2n) is 7.06. The highest BCUT2D eigenvalue weighted by molar-refractivity contribution is 6.06. The Hall–Kier alpha value is -3.97. The van der Waals surface area contributed by atoms with Gasteiger partial charge in [-0.05, 0) is 36.4 Å². The van der Waals surface area contributed by atoms with E-state index in [1.807, 2.05) is 60.7 Å². The molecule has 1 aromatic heterocycles. The lowest BCUT2D eigenvalue weighted by atomic mass is 9.93. The van der Waals surface area contributed by atoms with Crippen LogP contribution in [0.15, 0.2) is 89.9 Å². The van der Waals surface area contributed by atoms with Crippen molar-refractivity contribution in [2.75, 3.05) is 10.6 Å². The monoisotopic (exact) mass is 398 g/mol. The molecule has 1 unspecified atom stereocenters. The molecule has 7 heteroatoms. The largest absolute Gasteiger partial charge is 0.326 e. The van der Waals surface area contributed by atoms with E-state index in [0.29, 0.717) is 17.3 Å². The molecule has 2 heterocycles. The molecule has 5 N–H and O–H groups in total. The van der Waals surface area contributed by atoms with Crippen LogP contribution >= 0.6 is 0 Å². The Morgan fingerprint density at radius 3 is 2.43 bits per heavy atom. The molecule has 148 valence electrons. The van der Waals surface area contributed by atoms with Crippen molar-refractivity contribution in [1.82, 2.24) is 10.2 Å². The maximum Gasteiger partial charge on any atom is 0.202 e. The van der Waals surface area contributed by atoms with E-state index >= 15 is 0 Å². The number of aromatic nitrogens is 2. The van der Waals surface area contributed by atoms with E-state index in [9.17, 15) is 4.39 Å². The fraction of sp³-hybridized carbons (Fsp3) is 0.0435. The van der Waals surface area contributed by atoms with Crippen molar-refractivity contribution in [1.29, 1.82) is 0 Å². The number of nitrogens with zero attached hydrogens (tertiary/aromatic N) is 2. The van der Waals surface area contributed by atoms with E-state index in [4.69, 9.17) is 10.7 Å². The number of halogens is 1. The van der Waals surface area contributed by atoms with Gasteiger partial charge in [0.05, 0.1) is 11.4 Å². The van der Waals surface area contributed by atoms with E-state index in [0.717, 1.165) is 22.5 Å². The Bertz CT molecular complexity index is 1220. The quantitative estimate of drug-likeness (QED) is 0.415. The summed E-state index contributed by atoms with van der Waals surface area (Å²) in [5.41, 5.74) is 10.4. The molecular weight excluding hydrogens is 379 g/mol. The number of para-hydroxylation sites is 1. The van der Waals surface area contributed by atoms with Gasteiger partial charge in [-0.3, -0.25) is 10.8 Å². The van der Waals surface area contributed by atoms with Crippen molar-refractivity contribution < 1.29 is 4.39 Å². The number of nitrogens with two attached hydrogens (primary N) is 1. The van der Waals surface area contributed by atoms with E-state index in [-0.39, 0.29) is 5.82 Å². The SMILES string of the molecule is NC1(c2cc(-c3ccccc3)n[nH]2)N=C(Nc2ccc(F)cc2)Nc2ccccc21. The van der Waals surface area contributed by atoms with Crippen LogP contribution in [0, 0.1) is 5.82 Å². The Morgan fingerprint density at radius 1 is 0.900 bits per heavy atom. The van der Waals surface area contributed by atoms with E-state index < -0.39 is 5.66 Å². The van der Waals surface area contributed by atoms with Crippen LogP contribution in [0.2, 0.25) is 0 Å². The summed E-state index contributed by atoms with van der Waals surface area (Å²) < 4.78 is 13.2. The predicted molar refractivity (Wildman–Crippen MR) is 117 cm³/mol. The molecule has 5 rings (SSSR count). The highest BCUT2D eigenvalue weighted by Crippen LogP contribution is 2.37. The van der Waals surface area contributed by atoms with Gasteiger partial charge in [0.15, 0.2) is 5.66 Å². The summed E-state index contributed by atoms with van der Waals surface area (Å²) in [5.74, 6) is 0.155. The second kappa shape index (κ2) is 7.13. The second-order valence-corrected chi connectivity index (χ2v) is 7.06. The average Bonchev–Trinajstić information content (AvgIpc) is 3.27. The van der Waals surface area contributed by atoms with Crippen LogP contribution in [0.3, 0.4) is 0 Å². The molecule has 0 saturated carbocycles. The van der Waals surface area contributed by atoms with Crippen LogP contribution in [-0.2, 0) is 5.66 Å². The lowest BCUT2D eigenvalue weighted by molar-refractivity contribution is 0.547. The Kier molecular flexibility index (Phi) is 4.30. The van der Waals surface area contributed by atoms with E-state index in [1.54, 1.807) is 12.1 Å². The summed E-state index contributed by atoms with van der Waals surface area (Å²) in [5, 5.41) is 13.9. The molecule has 6 nitrogen and oxygen atoms in total. The summed E-state index contributed by atoms with van der Waals surface area (Å²) in [6.45, 7) is 0. The molecule has 0 bridgehead atoms. The summed E-state index contributed by atoms with van der Waals surface area (Å²) in [6.07, 6.45) is 0. The van der Waals surface area contributed by atoms with Gasteiger partial charge in [0.1, 0.15) is 5.82 Å². The highest BCUT2D eigenvalue weighted by Gasteiger charge is 2.37. The number of aromatic amines is 1. The molecule has 0 amide bonds. The third-order valence-corrected chi connectivity index (χ3v) is 5.04. The fourth-order valence-electron chi connectivity index (χ4n) is 3.52. The Balaban J connectivity index is 1.56. The summed E-state index contributed by atoms with van der Waals surface area (Å²) in [6, 6.07) is 25.6. The zero-order valence-corrected chi connectivity index (χ0v) is 15.9. The molecule has 4 aromatic rings. The van der Waals surface area contributed by atoms with E-state index in [2.05, 4.69) is 20.8 Å². The van der Waals surface area contributed by atoms with Gasteiger partial charge in [0.25, 0.3) is 0 Å². The highest BCUT2D eigenvalue weighted by atomic mass is 19.1. The standard InChI is InChI=1S/C23H19FN6/c24-16-10-12-17(13-11-16)26-22-27-19-9-5-4-8-18(19)23(25,28-22)21-14-20(29-30-21)15-6-2-1-3-7-15/h1-14H,25H2,(H,29,30)(H2,26,27,28). The third-order valence-electron chi connectivity index (χ3n) is 5.04. The van der Waals surface area contributed by atoms with Crippen LogP contribution in [0.25, 0.3) is 11.3 Å². The average molecular weight is 398 g/mol. The zero-order valence-electron chi connectivity index (χ0n) is 15.9. The molecule has 3 aromatic carbocycles. The van der Waals surface area contributed by atoms with Gasteiger partial charge < -0.3 is 10.6 Å². The van der Waals surface area contributed by atoms with Gasteiger partial charge in [0.2, 0.25) is 5.96 Å². The number of guanidine groups is 1. The molecule has 1 aliphatic heterocycles. The van der Waals surface area contributed by atoms with Gasteiger partial charge in [0, 0.05) is 22.5 Å². The lowest BCUT2D eigenvalue weighted by Crippen LogP contribution is -2.44. The zero-order chi connectivity index (χ0) is 20.6. The fourth-order valence-corrected chi connectivity index (χ4v) is 3.52. The van der Waals surface area contributed by atoms with Crippen LogP contribution in [0.1, 0.15) is 11.3 Å². The Labute approximate surface area is 172 Å². The number of rotatable bonds is 3. The maximum atomic E-state index is 13.2. The molecule has 1 aliphatic rings. The predicted octanol–water partition coefficient (Wildman–Crippen LogP) is 4.27. The lowest BCUT2D eigenvalue weighted by Gasteiger charge is -2.32. The number of nitrogens with one attached hydrogen (secondary N) is 3. The number of H-pyrrole nitrogens is 1. The normalized spacial score (nSPS) is 17.6. The third kappa shape index (κ3) is 3.21. The number of aliphatic imine (C=N–C) groups is 1. The van der Waals surface area contributed by atoms with Gasteiger partial charge in [-0.15, -0.1) is 0 Å². The van der Waals surface area contributed by atoms with Crippen molar-refractivity contribution in [3.05, 3.63) is 102 Å². The van der Waals surface area contributed by atoms with Gasteiger partial charge in [-0.25, -0.2) is 9.38 Å². The van der Waals surface area contributed by atoms with Crippen LogP contribution < -0.4 is 16.4 Å². The van der Waals surface area contributed by atoms with Crippen molar-refractivity contribution >= 4 is 17.3 Å². The minimum absolute atomic E-state index is 0.302. The first kappa shape index (κ1) is 18.1. The summed E-state index contributed by atoms with van der Waals surface area (Å²) in [7, 11) is 0. The molecule has 0 spiro atoms. The number of hydrogen-bond donors (Lipinski definition) is 4. The van der Waals surface area contributed by atoms with Crippen molar-refractivity contribution in [2.24, 2.45) is 10.7 Å². The van der Waals surface area contributed by atoms with E-state index in [1.165, 1.54) is 12.1 Å². The molecule has 0 radical (unpaired) electrons. The van der Waals surface area contributed by atoms with Crippen molar-refractivity contribution in [3.8, 4) is 11.3 Å². The molecule has 0 fully saturated rings. The van der Waals surface area contributed by atoms with Crippen LogP contribution in [-0.4, -0.2) is 16.2 Å². The van der Waals surface area contributed by atoms with Crippen molar-refractivity contribution in [3.63, 3.8) is 0 Å². The first-order valence-corrected chi connectivity index (χ1v) is 9.51. The molecule has 1 atom stereocenters. The number of fused-ring (bicyclic) bond motifs is 1. The number of hydrogen-bond acceptors (Lipinski definition) is 5. The summed E-state index contributed by atoms with van der Waals surface area (Å²) >= 11 is 0. The Morgan fingerprint density at radius 2 is 1.63 bits per heavy atom. The molecule has 0 aliphatic carbocycles. The van der Waals surface area contributed by atoms with Crippen LogP contribution in [0.4, 0.5) is 15.8 Å². The van der Waals surface area contributed by atoms with Gasteiger partial charge >= 0.3 is 0 Å². The number of anilines is 2. The molecule has 30 heavy (non-hydrogen) atoms. The number of benzene rings is 3. The minimum Gasteiger partial charge on any atom is -0.326 e. The maximum absolute atomic E-state index is 13.2. The summed E-state index contributed by atoms with van der Waals surface area (Å²) in [4.78, 5) is 4.76. The minimum atomic E-state index is -1.18. The molecule has 0 saturated heterocycles. The first-order chi connectivity index (χ1) is 14.6. The smallest absolute Gasteiger partial charge is 0.202 e. The van der Waals surface area contributed by atoms with Crippen molar-refractivity contribution in [2.45, 2.75) is 5.66 Å². The van der Waals surface area contributed by atoms with Crippen LogP contribution in [0.5, 0.6) is 0 Å². The first-order valence-electron chi connectivity index (χ1n) is 9.51. The topological polar surface area (TPSA) is 91.1 Å². The molecular formula is C23H19FN6.